The number of amides is 3. The molecule has 3 rings (SSSR count). The highest BCUT2D eigenvalue weighted by atomic mass is 16.5. The molecule has 0 aliphatic carbocycles. The van der Waals surface area contributed by atoms with Gasteiger partial charge in [0.05, 0.1) is 6.10 Å². The van der Waals surface area contributed by atoms with Gasteiger partial charge in [-0.05, 0) is 49.8 Å². The molecule has 1 aromatic rings. The number of rotatable bonds is 3. The first kappa shape index (κ1) is 17.7. The minimum atomic E-state index is -0.0755. The molecule has 1 atom stereocenters. The fourth-order valence-corrected chi connectivity index (χ4v) is 3.63. The van der Waals surface area contributed by atoms with Crippen molar-refractivity contribution in [2.75, 3.05) is 37.0 Å². The molecular weight excluding hydrogens is 318 g/mol. The number of anilines is 2. The summed E-state index contributed by atoms with van der Waals surface area (Å²) in [5.74, 6) is 0.541. The quantitative estimate of drug-likeness (QED) is 0.916. The van der Waals surface area contributed by atoms with Gasteiger partial charge >= 0.3 is 6.03 Å². The lowest BCUT2D eigenvalue weighted by molar-refractivity contribution is -0.116. The van der Waals surface area contributed by atoms with Gasteiger partial charge in [-0.3, -0.25) is 4.79 Å². The molecule has 136 valence electrons. The first-order chi connectivity index (χ1) is 12.0. The van der Waals surface area contributed by atoms with Crippen molar-refractivity contribution < 1.29 is 14.3 Å². The summed E-state index contributed by atoms with van der Waals surface area (Å²) in [6.07, 6.45) is 4.73. The first-order valence-electron chi connectivity index (χ1n) is 9.06. The molecule has 0 spiro atoms. The molecule has 0 aromatic heterocycles. The highest BCUT2D eigenvalue weighted by molar-refractivity contribution is 5.93. The summed E-state index contributed by atoms with van der Waals surface area (Å²) < 4.78 is 5.79. The Kier molecular flexibility index (Phi) is 5.58. The third-order valence-corrected chi connectivity index (χ3v) is 5.27. The minimum absolute atomic E-state index is 0.0420. The van der Waals surface area contributed by atoms with Gasteiger partial charge in [-0.2, -0.15) is 0 Å². The van der Waals surface area contributed by atoms with Crippen LogP contribution in [0.5, 0.6) is 0 Å². The Morgan fingerprint density at radius 2 is 2.00 bits per heavy atom. The number of nitrogens with zero attached hydrogens (tertiary/aromatic N) is 2. The number of hydrogen-bond donors (Lipinski definition) is 1. The van der Waals surface area contributed by atoms with E-state index in [1.165, 1.54) is 6.92 Å². The van der Waals surface area contributed by atoms with Gasteiger partial charge in [-0.25, -0.2) is 4.79 Å². The topological polar surface area (TPSA) is 61.9 Å². The molecule has 6 heteroatoms. The van der Waals surface area contributed by atoms with Gasteiger partial charge < -0.3 is 19.9 Å². The number of likely N-dealkylation sites (tertiary alicyclic amines) is 1. The Hall–Kier alpha value is -2.08. The normalized spacial score (nSPS) is 21.2. The van der Waals surface area contributed by atoms with E-state index in [0.29, 0.717) is 17.7 Å². The lowest BCUT2D eigenvalue weighted by atomic mass is 9.90. The van der Waals surface area contributed by atoms with Crippen molar-refractivity contribution in [2.45, 2.75) is 38.7 Å². The van der Waals surface area contributed by atoms with Gasteiger partial charge in [0.2, 0.25) is 5.91 Å². The number of urea groups is 1. The third kappa shape index (κ3) is 4.31. The van der Waals surface area contributed by atoms with E-state index in [9.17, 15) is 9.59 Å². The van der Waals surface area contributed by atoms with E-state index in [2.05, 4.69) is 5.32 Å². The van der Waals surface area contributed by atoms with Crippen LogP contribution >= 0.6 is 0 Å². The van der Waals surface area contributed by atoms with Crippen molar-refractivity contribution in [3.05, 3.63) is 24.3 Å². The average molecular weight is 345 g/mol. The Bertz CT molecular complexity index is 620. The van der Waals surface area contributed by atoms with Crippen LogP contribution < -0.4 is 10.2 Å². The molecule has 0 radical (unpaired) electrons. The van der Waals surface area contributed by atoms with Gasteiger partial charge in [0.25, 0.3) is 0 Å². The van der Waals surface area contributed by atoms with Crippen LogP contribution in [0.3, 0.4) is 0 Å². The van der Waals surface area contributed by atoms with Gasteiger partial charge in [0, 0.05) is 45.0 Å². The molecule has 3 amide bonds. The maximum Gasteiger partial charge on any atom is 0.321 e. The van der Waals surface area contributed by atoms with Crippen LogP contribution in [-0.4, -0.2) is 49.7 Å². The highest BCUT2D eigenvalue weighted by Gasteiger charge is 2.30. The van der Waals surface area contributed by atoms with Gasteiger partial charge in [-0.15, -0.1) is 0 Å². The summed E-state index contributed by atoms with van der Waals surface area (Å²) in [5.41, 5.74) is 1.47. The van der Waals surface area contributed by atoms with Crippen molar-refractivity contribution in [3.63, 3.8) is 0 Å². The predicted molar refractivity (Wildman–Crippen MR) is 97.8 cm³/mol. The number of nitrogens with one attached hydrogen (secondary N) is 1. The molecule has 1 aromatic carbocycles. The molecule has 25 heavy (non-hydrogen) atoms. The highest BCUT2D eigenvalue weighted by Crippen LogP contribution is 2.29. The molecule has 2 fully saturated rings. The monoisotopic (exact) mass is 345 g/mol. The van der Waals surface area contributed by atoms with Crippen molar-refractivity contribution in [3.8, 4) is 0 Å². The number of carbonyl (C=O) groups is 2. The fraction of sp³-hybridized carbons (Fsp3) is 0.579. The van der Waals surface area contributed by atoms with Crippen molar-refractivity contribution in [1.29, 1.82) is 0 Å². The van der Waals surface area contributed by atoms with Crippen molar-refractivity contribution in [2.24, 2.45) is 5.92 Å². The lowest BCUT2D eigenvalue weighted by Crippen LogP contribution is -2.43. The molecule has 2 heterocycles. The number of piperidine rings is 1. The Morgan fingerprint density at radius 1 is 1.24 bits per heavy atom. The van der Waals surface area contributed by atoms with Crippen LogP contribution in [0.15, 0.2) is 24.3 Å². The number of hydrogen-bond acceptors (Lipinski definition) is 3. The molecule has 2 aliphatic heterocycles. The summed E-state index contributed by atoms with van der Waals surface area (Å²) in [5, 5.41) is 2.95. The van der Waals surface area contributed by atoms with Crippen LogP contribution in [0.1, 0.15) is 32.6 Å². The van der Waals surface area contributed by atoms with E-state index in [1.807, 2.05) is 29.2 Å². The van der Waals surface area contributed by atoms with Gasteiger partial charge in [0.15, 0.2) is 0 Å². The number of carbonyl (C=O) groups excluding carboxylic acids is 2. The van der Waals surface area contributed by atoms with Crippen LogP contribution in [0.2, 0.25) is 0 Å². The molecule has 2 aliphatic rings. The smallest absolute Gasteiger partial charge is 0.321 e. The van der Waals surface area contributed by atoms with E-state index >= 15 is 0 Å². The standard InChI is InChI=1S/C19H27N3O3/c1-14(23)21(2)17-6-3-5-16(13-17)20-19(24)22-10-8-15(9-11-22)18-7-4-12-25-18/h3,5-6,13,15,18H,4,7-12H2,1-2H3,(H,20,24)/t18-/m0/s1. The second-order valence-electron chi connectivity index (χ2n) is 6.93. The molecule has 0 saturated carbocycles. The molecular formula is C19H27N3O3. The van der Waals surface area contributed by atoms with E-state index in [-0.39, 0.29) is 11.9 Å². The fourth-order valence-electron chi connectivity index (χ4n) is 3.63. The second kappa shape index (κ2) is 7.87. The van der Waals surface area contributed by atoms with E-state index in [0.717, 1.165) is 51.1 Å². The zero-order valence-electron chi connectivity index (χ0n) is 15.0. The molecule has 1 N–H and O–H groups in total. The predicted octanol–water partition coefficient (Wildman–Crippen LogP) is 3.09. The number of benzene rings is 1. The summed E-state index contributed by atoms with van der Waals surface area (Å²) >= 11 is 0. The second-order valence-corrected chi connectivity index (χ2v) is 6.93. The summed E-state index contributed by atoms with van der Waals surface area (Å²) in [7, 11) is 1.72. The Labute approximate surface area is 149 Å². The molecule has 0 unspecified atom stereocenters. The summed E-state index contributed by atoms with van der Waals surface area (Å²) in [6, 6.07) is 7.28. The molecule has 2 saturated heterocycles. The van der Waals surface area contributed by atoms with Gasteiger partial charge in [-0.1, -0.05) is 6.07 Å². The van der Waals surface area contributed by atoms with Crippen molar-refractivity contribution in [1.82, 2.24) is 4.90 Å². The first-order valence-corrected chi connectivity index (χ1v) is 9.06. The maximum absolute atomic E-state index is 12.5. The molecule has 6 nitrogen and oxygen atoms in total. The van der Waals surface area contributed by atoms with Crippen molar-refractivity contribution >= 4 is 23.3 Å². The summed E-state index contributed by atoms with van der Waals surface area (Å²) in [4.78, 5) is 27.4. The Balaban J connectivity index is 1.54. The SMILES string of the molecule is CC(=O)N(C)c1cccc(NC(=O)N2CCC([C@@H]3CCCO3)CC2)c1. The zero-order chi connectivity index (χ0) is 17.8. The maximum atomic E-state index is 12.5. The van der Waals surface area contributed by atoms with Crippen LogP contribution in [-0.2, 0) is 9.53 Å². The minimum Gasteiger partial charge on any atom is -0.378 e. The van der Waals surface area contributed by atoms with E-state index in [4.69, 9.17) is 4.74 Å². The van der Waals surface area contributed by atoms with Crippen LogP contribution in [0.25, 0.3) is 0 Å². The largest absolute Gasteiger partial charge is 0.378 e. The lowest BCUT2D eigenvalue weighted by Gasteiger charge is -2.34. The van der Waals surface area contributed by atoms with E-state index < -0.39 is 0 Å². The van der Waals surface area contributed by atoms with Gasteiger partial charge in [0.1, 0.15) is 0 Å². The van der Waals surface area contributed by atoms with Crippen LogP contribution in [0.4, 0.5) is 16.2 Å². The zero-order valence-corrected chi connectivity index (χ0v) is 15.0. The van der Waals surface area contributed by atoms with E-state index in [1.54, 1.807) is 11.9 Å². The average Bonchev–Trinajstić information content (AvgIpc) is 3.16. The molecule has 0 bridgehead atoms. The Morgan fingerprint density at radius 3 is 2.64 bits per heavy atom. The van der Waals surface area contributed by atoms with Crippen LogP contribution in [0, 0.1) is 5.92 Å². The number of ether oxygens (including phenoxy) is 1. The third-order valence-electron chi connectivity index (χ3n) is 5.27. The summed E-state index contributed by atoms with van der Waals surface area (Å²) in [6.45, 7) is 3.94.